The van der Waals surface area contributed by atoms with E-state index in [4.69, 9.17) is 0 Å². The summed E-state index contributed by atoms with van der Waals surface area (Å²) in [5.74, 6) is -1.38. The van der Waals surface area contributed by atoms with Crippen LogP contribution in [-0.4, -0.2) is 6.18 Å². The summed E-state index contributed by atoms with van der Waals surface area (Å²) in [5.41, 5.74) is 0.310. The van der Waals surface area contributed by atoms with E-state index in [-0.39, 0.29) is 0 Å². The molecule has 0 aliphatic heterocycles. The maximum Gasteiger partial charge on any atom is 0.395 e. The Morgan fingerprint density at radius 3 is 1.79 bits per heavy atom. The summed E-state index contributed by atoms with van der Waals surface area (Å²) in [6.45, 7) is 5.16. The summed E-state index contributed by atoms with van der Waals surface area (Å²) >= 11 is 0. The maximum atomic E-state index is 12.1. The van der Waals surface area contributed by atoms with Crippen molar-refractivity contribution < 1.29 is 13.2 Å². The van der Waals surface area contributed by atoms with Crippen molar-refractivity contribution >= 4 is 0 Å². The standard InChI is InChI=1S/C9H9F3.C2H6/c1-7(9(10,11)12)8-5-3-2-4-6-8;1-2/h2-7H,1H3;1-2H3. The Labute approximate surface area is 82.8 Å². The van der Waals surface area contributed by atoms with Crippen LogP contribution in [-0.2, 0) is 0 Å². The van der Waals surface area contributed by atoms with E-state index in [0.717, 1.165) is 6.92 Å². The van der Waals surface area contributed by atoms with Crippen molar-refractivity contribution in [2.75, 3.05) is 0 Å². The number of hydrogen-bond donors (Lipinski definition) is 0. The van der Waals surface area contributed by atoms with Gasteiger partial charge in [0, 0.05) is 0 Å². The molecule has 0 heterocycles. The van der Waals surface area contributed by atoms with Crippen molar-refractivity contribution in [2.24, 2.45) is 0 Å². The quantitative estimate of drug-likeness (QED) is 0.636. The first kappa shape index (κ1) is 13.0. The average molecular weight is 204 g/mol. The van der Waals surface area contributed by atoms with Gasteiger partial charge in [0.2, 0.25) is 0 Å². The molecule has 1 aromatic rings. The molecule has 1 aromatic carbocycles. The molecule has 0 amide bonds. The lowest BCUT2D eigenvalue weighted by molar-refractivity contribution is -0.146. The SMILES string of the molecule is CC.CC(c1ccccc1)C(F)(F)F. The van der Waals surface area contributed by atoms with E-state index < -0.39 is 12.1 Å². The van der Waals surface area contributed by atoms with E-state index in [9.17, 15) is 13.2 Å². The van der Waals surface area contributed by atoms with Crippen molar-refractivity contribution in [2.45, 2.75) is 32.9 Å². The molecule has 0 saturated heterocycles. The number of benzene rings is 1. The van der Waals surface area contributed by atoms with E-state index in [1.54, 1.807) is 18.2 Å². The highest BCUT2D eigenvalue weighted by Gasteiger charge is 2.36. The Balaban J connectivity index is 0.000000791. The maximum absolute atomic E-state index is 12.1. The molecule has 0 saturated carbocycles. The molecule has 0 radical (unpaired) electrons. The first-order valence-electron chi connectivity index (χ1n) is 4.63. The second-order valence-electron chi connectivity index (χ2n) is 2.67. The molecule has 0 aliphatic rings. The molecule has 0 nitrogen and oxygen atoms in total. The van der Waals surface area contributed by atoms with Gasteiger partial charge in [0.25, 0.3) is 0 Å². The first-order chi connectivity index (χ1) is 6.52. The monoisotopic (exact) mass is 204 g/mol. The summed E-state index contributed by atoms with van der Waals surface area (Å²) < 4.78 is 36.4. The summed E-state index contributed by atoms with van der Waals surface area (Å²) in [7, 11) is 0. The molecule has 0 fully saturated rings. The zero-order valence-corrected chi connectivity index (χ0v) is 8.60. The number of hydrogen-bond acceptors (Lipinski definition) is 0. The van der Waals surface area contributed by atoms with Crippen molar-refractivity contribution in [3.8, 4) is 0 Å². The molecular weight excluding hydrogens is 189 g/mol. The van der Waals surface area contributed by atoms with E-state index in [2.05, 4.69) is 0 Å². The van der Waals surface area contributed by atoms with Crippen molar-refractivity contribution in [3.05, 3.63) is 35.9 Å². The second-order valence-corrected chi connectivity index (χ2v) is 2.67. The number of halogens is 3. The fourth-order valence-corrected chi connectivity index (χ4v) is 0.931. The molecule has 1 rings (SSSR count). The Bertz CT molecular complexity index is 238. The van der Waals surface area contributed by atoms with Crippen LogP contribution >= 0.6 is 0 Å². The molecule has 14 heavy (non-hydrogen) atoms. The van der Waals surface area contributed by atoms with E-state index in [1.165, 1.54) is 12.1 Å². The molecule has 0 aliphatic carbocycles. The fourth-order valence-electron chi connectivity index (χ4n) is 0.931. The van der Waals surface area contributed by atoms with Gasteiger partial charge in [-0.25, -0.2) is 0 Å². The van der Waals surface area contributed by atoms with Gasteiger partial charge in [-0.15, -0.1) is 0 Å². The molecule has 1 unspecified atom stereocenters. The minimum absolute atomic E-state index is 0.310. The summed E-state index contributed by atoms with van der Waals surface area (Å²) in [6.07, 6.45) is -4.14. The molecular formula is C11H15F3. The summed E-state index contributed by atoms with van der Waals surface area (Å²) in [4.78, 5) is 0. The Morgan fingerprint density at radius 2 is 1.43 bits per heavy atom. The molecule has 0 bridgehead atoms. The minimum atomic E-state index is -4.14. The Kier molecular flexibility index (Phi) is 5.28. The molecule has 3 heteroatoms. The molecule has 1 atom stereocenters. The summed E-state index contributed by atoms with van der Waals surface area (Å²) in [5, 5.41) is 0. The molecule has 0 spiro atoms. The lowest BCUT2D eigenvalue weighted by Gasteiger charge is -2.15. The van der Waals surface area contributed by atoms with Gasteiger partial charge in [-0.3, -0.25) is 0 Å². The van der Waals surface area contributed by atoms with Crippen LogP contribution in [0, 0.1) is 0 Å². The number of rotatable bonds is 1. The zero-order valence-electron chi connectivity index (χ0n) is 8.60. The van der Waals surface area contributed by atoms with Gasteiger partial charge < -0.3 is 0 Å². The van der Waals surface area contributed by atoms with Gasteiger partial charge in [-0.1, -0.05) is 44.2 Å². The average Bonchev–Trinajstić information content (AvgIpc) is 2.20. The third-order valence-corrected chi connectivity index (χ3v) is 1.79. The van der Waals surface area contributed by atoms with Gasteiger partial charge in [0.15, 0.2) is 0 Å². The van der Waals surface area contributed by atoms with Gasteiger partial charge in [0.1, 0.15) is 0 Å². The lowest BCUT2D eigenvalue weighted by Crippen LogP contribution is -2.17. The molecule has 80 valence electrons. The Morgan fingerprint density at radius 1 is 1.00 bits per heavy atom. The minimum Gasteiger partial charge on any atom is -0.170 e. The third kappa shape index (κ3) is 3.81. The third-order valence-electron chi connectivity index (χ3n) is 1.79. The highest BCUT2D eigenvalue weighted by molar-refractivity contribution is 5.19. The van der Waals surface area contributed by atoms with E-state index in [0.29, 0.717) is 5.56 Å². The van der Waals surface area contributed by atoms with Gasteiger partial charge >= 0.3 is 6.18 Å². The van der Waals surface area contributed by atoms with Crippen molar-refractivity contribution in [1.82, 2.24) is 0 Å². The van der Waals surface area contributed by atoms with Crippen LogP contribution in [0.25, 0.3) is 0 Å². The van der Waals surface area contributed by atoms with Crippen LogP contribution in [0.2, 0.25) is 0 Å². The van der Waals surface area contributed by atoms with Crippen LogP contribution in [0.4, 0.5) is 13.2 Å². The largest absolute Gasteiger partial charge is 0.395 e. The highest BCUT2D eigenvalue weighted by atomic mass is 19.4. The smallest absolute Gasteiger partial charge is 0.170 e. The van der Waals surface area contributed by atoms with Crippen LogP contribution in [0.5, 0.6) is 0 Å². The first-order valence-corrected chi connectivity index (χ1v) is 4.63. The predicted molar refractivity (Wildman–Crippen MR) is 52.3 cm³/mol. The van der Waals surface area contributed by atoms with E-state index >= 15 is 0 Å². The Hall–Kier alpha value is -0.990. The van der Waals surface area contributed by atoms with E-state index in [1.807, 2.05) is 13.8 Å². The van der Waals surface area contributed by atoms with Gasteiger partial charge in [-0.2, -0.15) is 13.2 Å². The zero-order chi connectivity index (χ0) is 11.2. The molecule has 0 aromatic heterocycles. The fraction of sp³-hybridized carbons (Fsp3) is 0.455. The predicted octanol–water partition coefficient (Wildman–Crippen LogP) is 4.38. The topological polar surface area (TPSA) is 0 Å². The van der Waals surface area contributed by atoms with Crippen LogP contribution in [0.3, 0.4) is 0 Å². The van der Waals surface area contributed by atoms with Crippen LogP contribution in [0.1, 0.15) is 32.3 Å². The summed E-state index contributed by atoms with van der Waals surface area (Å²) in [6, 6.07) is 7.89. The van der Waals surface area contributed by atoms with Crippen LogP contribution in [0.15, 0.2) is 30.3 Å². The number of alkyl halides is 3. The van der Waals surface area contributed by atoms with Gasteiger partial charge in [-0.05, 0) is 12.5 Å². The lowest BCUT2D eigenvalue weighted by atomic mass is 10.0. The van der Waals surface area contributed by atoms with Crippen molar-refractivity contribution in [3.63, 3.8) is 0 Å². The molecule has 0 N–H and O–H groups in total. The highest BCUT2D eigenvalue weighted by Crippen LogP contribution is 2.33. The van der Waals surface area contributed by atoms with Crippen molar-refractivity contribution in [1.29, 1.82) is 0 Å². The van der Waals surface area contributed by atoms with Gasteiger partial charge in [0.05, 0.1) is 5.92 Å². The second kappa shape index (κ2) is 5.68. The van der Waals surface area contributed by atoms with Crippen LogP contribution < -0.4 is 0 Å². The normalized spacial score (nSPS) is 12.7.